The first-order valence-electron chi connectivity index (χ1n) is 13.0. The molecule has 2 heterocycles. The van der Waals surface area contributed by atoms with E-state index in [-0.39, 0.29) is 19.4 Å². The molecule has 6 heteroatoms. The number of aryl methyl sites for hydroxylation is 1. The van der Waals surface area contributed by atoms with E-state index in [0.717, 1.165) is 43.7 Å². The van der Waals surface area contributed by atoms with Gasteiger partial charge in [0.1, 0.15) is 30.1 Å². The van der Waals surface area contributed by atoms with Crippen LogP contribution in [0.25, 0.3) is 0 Å². The minimum atomic E-state index is -0.796. The molecule has 1 aliphatic carbocycles. The van der Waals surface area contributed by atoms with Crippen molar-refractivity contribution in [2.24, 2.45) is 22.7 Å². The predicted molar refractivity (Wildman–Crippen MR) is 146 cm³/mol. The van der Waals surface area contributed by atoms with E-state index < -0.39 is 6.10 Å². The highest BCUT2D eigenvalue weighted by molar-refractivity contribution is 5.80. The number of carbonyl (C=O) groups is 1. The lowest BCUT2D eigenvalue weighted by molar-refractivity contribution is -0.114. The smallest absolute Gasteiger partial charge is 0.148 e. The van der Waals surface area contributed by atoms with Crippen LogP contribution in [0.5, 0.6) is 5.75 Å². The number of carbonyl (C=O) groups excluding carboxylic acids is 1. The van der Waals surface area contributed by atoms with Crippen molar-refractivity contribution in [1.29, 1.82) is 0 Å². The van der Waals surface area contributed by atoms with Crippen LogP contribution in [0.3, 0.4) is 0 Å². The standard InChI is InChI=1S/C26H35FN2O.C3H6O2.CH4/c1-4-20-13-18(2)14-26(28-17-20)29-10-7-21(8-11-29)24-15-22(24)9-12-30-23-6-5-19(3)25(27)16-23;1-3(5)2-4;/h5-6,13-14,16-17,21-22,24,26H,4,7-12,15H2,1-3H3;2-3,5H,1H3;1H4/t22-,24+,26?;;/m0../s1. The molecule has 1 saturated carbocycles. The molecule has 3 aliphatic rings. The van der Waals surface area contributed by atoms with Crippen molar-refractivity contribution >= 4 is 12.5 Å². The monoisotopic (exact) mass is 500 g/mol. The summed E-state index contributed by atoms with van der Waals surface area (Å²) in [6, 6.07) is 5.15. The summed E-state index contributed by atoms with van der Waals surface area (Å²) in [6.07, 6.45) is 12.5. The van der Waals surface area contributed by atoms with Gasteiger partial charge in [-0.1, -0.05) is 32.1 Å². The van der Waals surface area contributed by atoms with Crippen molar-refractivity contribution in [3.05, 3.63) is 52.9 Å². The molecule has 4 rings (SSSR count). The van der Waals surface area contributed by atoms with Gasteiger partial charge in [0.15, 0.2) is 0 Å². The fourth-order valence-corrected chi connectivity index (χ4v) is 5.01. The molecule has 1 saturated heterocycles. The summed E-state index contributed by atoms with van der Waals surface area (Å²) in [4.78, 5) is 16.6. The van der Waals surface area contributed by atoms with Gasteiger partial charge >= 0.3 is 0 Å². The highest BCUT2D eigenvalue weighted by atomic mass is 19.1. The first-order chi connectivity index (χ1) is 16.8. The first-order valence-corrected chi connectivity index (χ1v) is 13.0. The fraction of sp³-hybridized carbons (Fsp3) is 0.600. The lowest BCUT2D eigenvalue weighted by Crippen LogP contribution is -2.40. The topological polar surface area (TPSA) is 62.1 Å². The number of aliphatic imine (C=N–C) groups is 1. The molecule has 2 fully saturated rings. The lowest BCUT2D eigenvalue weighted by atomic mass is 9.90. The van der Waals surface area contributed by atoms with Crippen LogP contribution in [0.2, 0.25) is 0 Å². The Morgan fingerprint density at radius 2 is 1.97 bits per heavy atom. The predicted octanol–water partition coefficient (Wildman–Crippen LogP) is 6.15. The van der Waals surface area contributed by atoms with Crippen LogP contribution in [0.1, 0.15) is 65.9 Å². The van der Waals surface area contributed by atoms with E-state index in [0.29, 0.717) is 24.2 Å². The molecule has 4 atom stereocenters. The summed E-state index contributed by atoms with van der Waals surface area (Å²) in [6.45, 7) is 10.5. The molecule has 200 valence electrons. The summed E-state index contributed by atoms with van der Waals surface area (Å²) in [7, 11) is 0. The number of rotatable bonds is 8. The van der Waals surface area contributed by atoms with Gasteiger partial charge in [-0.15, -0.1) is 0 Å². The molecular weight excluding hydrogens is 455 g/mol. The van der Waals surface area contributed by atoms with Crippen LogP contribution in [0.4, 0.5) is 4.39 Å². The number of piperidine rings is 1. The number of aliphatic hydroxyl groups excluding tert-OH is 1. The van der Waals surface area contributed by atoms with Crippen LogP contribution >= 0.6 is 0 Å². The van der Waals surface area contributed by atoms with Crippen molar-refractivity contribution in [3.63, 3.8) is 0 Å². The largest absolute Gasteiger partial charge is 0.493 e. The maximum absolute atomic E-state index is 13.6. The van der Waals surface area contributed by atoms with E-state index in [4.69, 9.17) is 14.8 Å². The van der Waals surface area contributed by atoms with E-state index >= 15 is 0 Å². The van der Waals surface area contributed by atoms with Crippen LogP contribution in [0.15, 0.2) is 46.5 Å². The molecule has 1 aromatic carbocycles. The Morgan fingerprint density at radius 1 is 1.28 bits per heavy atom. The third-order valence-electron chi connectivity index (χ3n) is 7.26. The molecule has 5 nitrogen and oxygen atoms in total. The molecule has 1 aromatic rings. The summed E-state index contributed by atoms with van der Waals surface area (Å²) in [5.41, 5.74) is 3.31. The lowest BCUT2D eigenvalue weighted by Gasteiger charge is -2.35. The number of allylic oxidation sites excluding steroid dienone is 3. The first kappa shape index (κ1) is 29.9. The van der Waals surface area contributed by atoms with Crippen molar-refractivity contribution in [2.75, 3.05) is 19.7 Å². The average molecular weight is 501 g/mol. The SMILES string of the molecule is C.CC(O)C=O.CCC1=CC(C)=CC(N2CCC([C@H]3C[C@@H]3CCOc3ccc(C)c(F)c3)CC2)N=C1. The number of hydrogen-bond acceptors (Lipinski definition) is 5. The molecule has 1 N–H and O–H groups in total. The van der Waals surface area contributed by atoms with Gasteiger partial charge in [0.25, 0.3) is 0 Å². The number of halogens is 1. The second-order valence-electron chi connectivity index (χ2n) is 10.1. The Labute approximate surface area is 217 Å². The second kappa shape index (κ2) is 14.4. The van der Waals surface area contributed by atoms with Crippen LogP contribution in [0, 0.1) is 30.5 Å². The number of nitrogens with zero attached hydrogens (tertiary/aromatic N) is 2. The molecule has 2 aliphatic heterocycles. The highest BCUT2D eigenvalue weighted by Gasteiger charge is 2.43. The number of aliphatic hydroxyl groups is 1. The zero-order valence-electron chi connectivity index (χ0n) is 21.6. The van der Waals surface area contributed by atoms with Crippen LogP contribution < -0.4 is 4.74 Å². The van der Waals surface area contributed by atoms with Gasteiger partial charge in [0, 0.05) is 25.4 Å². The van der Waals surface area contributed by atoms with E-state index in [1.165, 1.54) is 43.4 Å². The van der Waals surface area contributed by atoms with Gasteiger partial charge in [0.05, 0.1) is 6.61 Å². The van der Waals surface area contributed by atoms with Crippen molar-refractivity contribution < 1.29 is 19.0 Å². The average Bonchev–Trinajstić information content (AvgIpc) is 3.65. The van der Waals surface area contributed by atoms with Gasteiger partial charge in [-0.2, -0.15) is 0 Å². The molecule has 0 spiro atoms. The molecule has 36 heavy (non-hydrogen) atoms. The third-order valence-corrected chi connectivity index (χ3v) is 7.26. The highest BCUT2D eigenvalue weighted by Crippen LogP contribution is 2.50. The molecule has 0 aromatic heterocycles. The molecule has 0 bridgehead atoms. The zero-order valence-corrected chi connectivity index (χ0v) is 21.6. The van der Waals surface area contributed by atoms with Crippen molar-refractivity contribution in [2.45, 2.75) is 79.5 Å². The summed E-state index contributed by atoms with van der Waals surface area (Å²) < 4.78 is 19.4. The summed E-state index contributed by atoms with van der Waals surface area (Å²) in [5.74, 6) is 2.94. The number of ether oxygens (including phenoxy) is 1. The Morgan fingerprint density at radius 3 is 2.58 bits per heavy atom. The minimum Gasteiger partial charge on any atom is -0.493 e. The number of likely N-dealkylation sites (tertiary alicyclic amines) is 1. The van der Waals surface area contributed by atoms with Gasteiger partial charge in [-0.25, -0.2) is 4.39 Å². The van der Waals surface area contributed by atoms with E-state index in [2.05, 4.69) is 37.1 Å². The molecule has 0 radical (unpaired) electrons. The van der Waals surface area contributed by atoms with Gasteiger partial charge in [-0.05, 0) is 93.9 Å². The summed E-state index contributed by atoms with van der Waals surface area (Å²) >= 11 is 0. The Kier molecular flexibility index (Phi) is 12.0. The van der Waals surface area contributed by atoms with Gasteiger partial charge in [-0.3, -0.25) is 9.89 Å². The maximum Gasteiger partial charge on any atom is 0.148 e. The van der Waals surface area contributed by atoms with Crippen molar-refractivity contribution in [3.8, 4) is 5.75 Å². The Bertz CT molecular complexity index is 932. The van der Waals surface area contributed by atoms with Crippen LogP contribution in [-0.4, -0.2) is 54.5 Å². The fourth-order valence-electron chi connectivity index (χ4n) is 5.01. The normalized spacial score (nSPS) is 24.8. The number of benzene rings is 1. The molecule has 2 unspecified atom stereocenters. The minimum absolute atomic E-state index is 0. The van der Waals surface area contributed by atoms with Gasteiger partial charge in [0.2, 0.25) is 0 Å². The van der Waals surface area contributed by atoms with Gasteiger partial charge < -0.3 is 14.6 Å². The third kappa shape index (κ3) is 8.97. The second-order valence-corrected chi connectivity index (χ2v) is 10.1. The number of aldehydes is 1. The van der Waals surface area contributed by atoms with Crippen LogP contribution in [-0.2, 0) is 4.79 Å². The van der Waals surface area contributed by atoms with E-state index in [1.807, 2.05) is 6.07 Å². The Hall–Kier alpha value is -2.31. The Balaban J connectivity index is 0.000000694. The maximum atomic E-state index is 13.6. The summed E-state index contributed by atoms with van der Waals surface area (Å²) in [5, 5.41) is 7.99. The zero-order chi connectivity index (χ0) is 25.4. The van der Waals surface area contributed by atoms with E-state index in [9.17, 15) is 9.18 Å². The van der Waals surface area contributed by atoms with Crippen molar-refractivity contribution in [1.82, 2.24) is 4.90 Å². The number of hydrogen-bond donors (Lipinski definition) is 1. The quantitative estimate of drug-likeness (QED) is 0.435. The molecular formula is C30H45FN2O3. The van der Waals surface area contributed by atoms with E-state index in [1.54, 1.807) is 13.0 Å². The molecule has 0 amide bonds.